The number of benzene rings is 2. The summed E-state index contributed by atoms with van der Waals surface area (Å²) in [7, 11) is 0. The predicted molar refractivity (Wildman–Crippen MR) is 107 cm³/mol. The van der Waals surface area contributed by atoms with Crippen LogP contribution in [0.15, 0.2) is 54.7 Å². The van der Waals surface area contributed by atoms with Crippen LogP contribution in [0.1, 0.15) is 31.9 Å². The van der Waals surface area contributed by atoms with Crippen LogP contribution in [0.3, 0.4) is 0 Å². The van der Waals surface area contributed by atoms with Gasteiger partial charge in [-0.3, -0.25) is 9.36 Å². The fourth-order valence-electron chi connectivity index (χ4n) is 3.22. The third-order valence-corrected chi connectivity index (χ3v) is 4.34. The van der Waals surface area contributed by atoms with Gasteiger partial charge >= 0.3 is 6.09 Å². The highest BCUT2D eigenvalue weighted by atomic mass is 16.6. The molecule has 2 aromatic carbocycles. The molecular formula is C22H20N2O3. The largest absolute Gasteiger partial charge is 0.443 e. The molecule has 1 aliphatic rings. The van der Waals surface area contributed by atoms with Gasteiger partial charge in [-0.15, -0.1) is 0 Å². The lowest BCUT2D eigenvalue weighted by molar-refractivity contribution is -0.110. The molecule has 5 nitrogen and oxygen atoms in total. The number of hydrogen-bond donors (Lipinski definition) is 1. The Hall–Kier alpha value is -3.34. The van der Waals surface area contributed by atoms with Crippen molar-refractivity contribution in [3.63, 3.8) is 0 Å². The zero-order valence-electron chi connectivity index (χ0n) is 15.4. The van der Waals surface area contributed by atoms with E-state index in [9.17, 15) is 9.59 Å². The van der Waals surface area contributed by atoms with Crippen LogP contribution < -0.4 is 5.32 Å². The van der Waals surface area contributed by atoms with Crippen molar-refractivity contribution in [1.29, 1.82) is 0 Å². The molecule has 0 saturated heterocycles. The van der Waals surface area contributed by atoms with Crippen molar-refractivity contribution in [3.05, 3.63) is 65.9 Å². The SMILES string of the molecule is CC(C)(C)OC(=O)n1cc(/C=C2\C(=O)Nc3ccccc32)c2ccccc21. The van der Waals surface area contributed by atoms with E-state index < -0.39 is 11.7 Å². The van der Waals surface area contributed by atoms with E-state index in [0.29, 0.717) is 5.57 Å². The number of para-hydroxylation sites is 2. The molecule has 0 radical (unpaired) electrons. The second kappa shape index (κ2) is 6.13. The quantitative estimate of drug-likeness (QED) is 0.627. The molecule has 0 atom stereocenters. The lowest BCUT2D eigenvalue weighted by Gasteiger charge is -2.19. The summed E-state index contributed by atoms with van der Waals surface area (Å²) in [5.74, 6) is -0.148. The molecule has 0 unspecified atom stereocenters. The Morgan fingerprint density at radius 1 is 1.07 bits per heavy atom. The average molecular weight is 360 g/mol. The van der Waals surface area contributed by atoms with Crippen molar-refractivity contribution in [2.75, 3.05) is 5.32 Å². The summed E-state index contributed by atoms with van der Waals surface area (Å²) in [4.78, 5) is 25.1. The zero-order valence-corrected chi connectivity index (χ0v) is 15.4. The standard InChI is InChI=1S/C22H20N2O3/c1-22(2,3)27-21(26)24-13-14(15-8-5-7-11-19(15)24)12-17-16-9-4-6-10-18(16)23-20(17)25/h4-13H,1-3H3,(H,23,25)/b17-12-. The van der Waals surface area contributed by atoms with Crippen LogP contribution in [0.25, 0.3) is 22.6 Å². The highest BCUT2D eigenvalue weighted by Gasteiger charge is 2.25. The fraction of sp³-hybridized carbons (Fsp3) is 0.182. The van der Waals surface area contributed by atoms with E-state index in [4.69, 9.17) is 4.74 Å². The van der Waals surface area contributed by atoms with Crippen molar-refractivity contribution in [1.82, 2.24) is 4.57 Å². The van der Waals surface area contributed by atoms with Crippen LogP contribution in [0.4, 0.5) is 10.5 Å². The van der Waals surface area contributed by atoms with Crippen LogP contribution >= 0.6 is 0 Å². The van der Waals surface area contributed by atoms with Crippen LogP contribution in [-0.4, -0.2) is 22.2 Å². The van der Waals surface area contributed by atoms with Gasteiger partial charge in [0.25, 0.3) is 5.91 Å². The van der Waals surface area contributed by atoms with Gasteiger partial charge in [0, 0.05) is 34.0 Å². The summed E-state index contributed by atoms with van der Waals surface area (Å²) in [6, 6.07) is 15.1. The number of ether oxygens (including phenoxy) is 1. The van der Waals surface area contributed by atoms with Gasteiger partial charge < -0.3 is 10.1 Å². The second-order valence-electron chi connectivity index (χ2n) is 7.51. The first kappa shape index (κ1) is 17.1. The van der Waals surface area contributed by atoms with Gasteiger partial charge in [-0.1, -0.05) is 36.4 Å². The molecule has 27 heavy (non-hydrogen) atoms. The summed E-state index contributed by atoms with van der Waals surface area (Å²) < 4.78 is 7.01. The van der Waals surface area contributed by atoms with Gasteiger partial charge in [-0.05, 0) is 39.0 Å². The number of carbonyl (C=O) groups is 2. The molecule has 1 aliphatic heterocycles. The minimum absolute atomic E-state index is 0.148. The third-order valence-electron chi connectivity index (χ3n) is 4.34. The first-order valence-electron chi connectivity index (χ1n) is 8.79. The molecule has 3 aromatic rings. The number of fused-ring (bicyclic) bond motifs is 2. The number of rotatable bonds is 1. The number of anilines is 1. The first-order chi connectivity index (χ1) is 12.8. The second-order valence-corrected chi connectivity index (χ2v) is 7.51. The van der Waals surface area contributed by atoms with Gasteiger partial charge in [0.15, 0.2) is 0 Å². The topological polar surface area (TPSA) is 60.3 Å². The molecular weight excluding hydrogens is 340 g/mol. The van der Waals surface area contributed by atoms with Gasteiger partial charge in [0.2, 0.25) is 0 Å². The van der Waals surface area contributed by atoms with Crippen LogP contribution in [0.5, 0.6) is 0 Å². The van der Waals surface area contributed by atoms with Crippen molar-refractivity contribution in [3.8, 4) is 0 Å². The maximum Gasteiger partial charge on any atom is 0.419 e. The van der Waals surface area contributed by atoms with E-state index >= 15 is 0 Å². The minimum atomic E-state index is -0.592. The van der Waals surface area contributed by atoms with Crippen LogP contribution in [0, 0.1) is 0 Å². The molecule has 4 rings (SSSR count). The van der Waals surface area contributed by atoms with Gasteiger partial charge in [-0.25, -0.2) is 4.79 Å². The maximum atomic E-state index is 12.6. The molecule has 0 bridgehead atoms. The Balaban J connectivity index is 1.84. The first-order valence-corrected chi connectivity index (χ1v) is 8.79. The fourth-order valence-corrected chi connectivity index (χ4v) is 3.22. The monoisotopic (exact) mass is 360 g/mol. The highest BCUT2D eigenvalue weighted by molar-refractivity contribution is 6.35. The Kier molecular flexibility index (Phi) is 3.88. The van der Waals surface area contributed by atoms with Gasteiger partial charge in [-0.2, -0.15) is 0 Å². The third kappa shape index (κ3) is 3.12. The molecule has 0 fully saturated rings. The Labute approximate surface area is 157 Å². The van der Waals surface area contributed by atoms with Gasteiger partial charge in [0.1, 0.15) is 5.60 Å². The van der Waals surface area contributed by atoms with E-state index in [1.807, 2.05) is 75.4 Å². The Morgan fingerprint density at radius 3 is 2.56 bits per heavy atom. The molecule has 1 aromatic heterocycles. The van der Waals surface area contributed by atoms with Crippen molar-refractivity contribution >= 4 is 40.2 Å². The summed E-state index contributed by atoms with van der Waals surface area (Å²) in [5, 5.41) is 3.75. The van der Waals surface area contributed by atoms with E-state index in [2.05, 4.69) is 5.32 Å². The lowest BCUT2D eigenvalue weighted by atomic mass is 10.0. The number of nitrogens with zero attached hydrogens (tertiary/aromatic N) is 1. The van der Waals surface area contributed by atoms with Gasteiger partial charge in [0.05, 0.1) is 5.52 Å². The van der Waals surface area contributed by atoms with Crippen LogP contribution in [0.2, 0.25) is 0 Å². The highest BCUT2D eigenvalue weighted by Crippen LogP contribution is 2.34. The molecule has 1 amide bonds. The molecule has 5 heteroatoms. The molecule has 0 saturated carbocycles. The van der Waals surface area contributed by atoms with E-state index in [-0.39, 0.29) is 5.91 Å². The van der Waals surface area contributed by atoms with E-state index in [0.717, 1.165) is 27.7 Å². The summed E-state index contributed by atoms with van der Waals surface area (Å²) >= 11 is 0. The zero-order chi connectivity index (χ0) is 19.2. The number of nitrogens with one attached hydrogen (secondary N) is 1. The summed E-state index contributed by atoms with van der Waals surface area (Å²) in [6.07, 6.45) is 3.10. The minimum Gasteiger partial charge on any atom is -0.443 e. The van der Waals surface area contributed by atoms with Crippen LogP contribution in [-0.2, 0) is 9.53 Å². The maximum absolute atomic E-state index is 12.6. The molecule has 136 valence electrons. The smallest absolute Gasteiger partial charge is 0.419 e. The molecule has 0 aliphatic carbocycles. The van der Waals surface area contributed by atoms with E-state index in [1.165, 1.54) is 4.57 Å². The lowest BCUT2D eigenvalue weighted by Crippen LogP contribution is -2.26. The normalized spacial score (nSPS) is 15.1. The van der Waals surface area contributed by atoms with Crippen molar-refractivity contribution in [2.24, 2.45) is 0 Å². The number of hydrogen-bond acceptors (Lipinski definition) is 3. The Morgan fingerprint density at radius 2 is 1.78 bits per heavy atom. The summed E-state index contributed by atoms with van der Waals surface area (Å²) in [5.41, 5.74) is 3.17. The number of aromatic nitrogens is 1. The summed E-state index contributed by atoms with van der Waals surface area (Å²) in [6.45, 7) is 5.50. The molecule has 2 heterocycles. The van der Waals surface area contributed by atoms with Crippen molar-refractivity contribution < 1.29 is 14.3 Å². The molecule has 1 N–H and O–H groups in total. The average Bonchev–Trinajstić information content (AvgIpc) is 3.12. The number of amides is 1. The Bertz CT molecular complexity index is 1100. The van der Waals surface area contributed by atoms with Crippen molar-refractivity contribution in [2.45, 2.75) is 26.4 Å². The van der Waals surface area contributed by atoms with E-state index in [1.54, 1.807) is 6.20 Å². The molecule has 0 spiro atoms. The predicted octanol–water partition coefficient (Wildman–Crippen LogP) is 4.92. The number of carbonyl (C=O) groups excluding carboxylic acids is 2.